The summed E-state index contributed by atoms with van der Waals surface area (Å²) in [5, 5.41) is 3.53. The lowest BCUT2D eigenvalue weighted by Gasteiger charge is -2.10. The van der Waals surface area contributed by atoms with E-state index in [1.807, 2.05) is 14.1 Å². The fourth-order valence-electron chi connectivity index (χ4n) is 2.24. The Bertz CT molecular complexity index is 389. The first-order chi connectivity index (χ1) is 8.68. The molecule has 0 aromatic heterocycles. The number of nitrogens with one attached hydrogen (secondary N) is 1. The average Bonchev–Trinajstić information content (AvgIpc) is 3.15. The molecule has 2 atom stereocenters. The van der Waals surface area contributed by atoms with E-state index >= 15 is 0 Å². The monoisotopic (exact) mass is 246 g/mol. The van der Waals surface area contributed by atoms with Crippen LogP contribution in [0.5, 0.6) is 0 Å². The van der Waals surface area contributed by atoms with E-state index < -0.39 is 0 Å². The van der Waals surface area contributed by atoms with Gasteiger partial charge in [0.1, 0.15) is 0 Å². The Morgan fingerprint density at radius 3 is 2.72 bits per heavy atom. The molecule has 3 heteroatoms. The van der Waals surface area contributed by atoms with Gasteiger partial charge in [-0.2, -0.15) is 0 Å². The van der Waals surface area contributed by atoms with Gasteiger partial charge in [-0.15, -0.1) is 0 Å². The summed E-state index contributed by atoms with van der Waals surface area (Å²) < 4.78 is 0. The lowest BCUT2D eigenvalue weighted by Crippen LogP contribution is -2.24. The van der Waals surface area contributed by atoms with E-state index in [1.54, 1.807) is 4.90 Å². The Morgan fingerprint density at radius 1 is 1.33 bits per heavy atom. The lowest BCUT2D eigenvalue weighted by atomic mass is 10.1. The molecule has 1 saturated carbocycles. The van der Waals surface area contributed by atoms with Gasteiger partial charge in [-0.25, -0.2) is 0 Å². The van der Waals surface area contributed by atoms with Crippen molar-refractivity contribution in [3.63, 3.8) is 0 Å². The van der Waals surface area contributed by atoms with Crippen LogP contribution in [0, 0.1) is 0 Å². The predicted molar refractivity (Wildman–Crippen MR) is 73.5 cm³/mol. The molecule has 0 radical (unpaired) electrons. The van der Waals surface area contributed by atoms with E-state index in [0.29, 0.717) is 18.4 Å². The van der Waals surface area contributed by atoms with Gasteiger partial charge in [0, 0.05) is 32.5 Å². The van der Waals surface area contributed by atoms with E-state index in [9.17, 15) is 4.79 Å². The quantitative estimate of drug-likeness (QED) is 0.779. The second kappa shape index (κ2) is 6.01. The van der Waals surface area contributed by atoms with Gasteiger partial charge in [-0.05, 0) is 24.9 Å². The fourth-order valence-corrected chi connectivity index (χ4v) is 2.24. The molecule has 98 valence electrons. The minimum atomic E-state index is 0.215. The highest BCUT2D eigenvalue weighted by atomic mass is 16.2. The van der Waals surface area contributed by atoms with Gasteiger partial charge in [-0.3, -0.25) is 4.79 Å². The van der Waals surface area contributed by atoms with E-state index in [4.69, 9.17) is 0 Å². The number of carbonyl (C=O) groups is 1. The van der Waals surface area contributed by atoms with E-state index in [2.05, 4.69) is 35.6 Å². The van der Waals surface area contributed by atoms with Gasteiger partial charge in [-0.1, -0.05) is 30.3 Å². The summed E-state index contributed by atoms with van der Waals surface area (Å²) in [4.78, 5) is 13.0. The third-order valence-corrected chi connectivity index (χ3v) is 3.49. The maximum absolute atomic E-state index is 11.4. The number of carbonyl (C=O) groups excluding carboxylic acids is 1. The number of hydrogen-bond acceptors (Lipinski definition) is 2. The largest absolute Gasteiger partial charge is 0.349 e. The second-order valence-corrected chi connectivity index (χ2v) is 5.21. The number of benzene rings is 1. The first-order valence-corrected chi connectivity index (χ1v) is 6.67. The third-order valence-electron chi connectivity index (χ3n) is 3.49. The van der Waals surface area contributed by atoms with Crippen molar-refractivity contribution in [3.05, 3.63) is 35.9 Å². The van der Waals surface area contributed by atoms with Gasteiger partial charge in [0.05, 0.1) is 0 Å². The number of nitrogens with zero attached hydrogens (tertiary/aromatic N) is 1. The van der Waals surface area contributed by atoms with Crippen molar-refractivity contribution in [2.24, 2.45) is 0 Å². The molecule has 1 fully saturated rings. The molecule has 1 N–H and O–H groups in total. The Morgan fingerprint density at radius 2 is 2.06 bits per heavy atom. The van der Waals surface area contributed by atoms with Crippen LogP contribution in [0.3, 0.4) is 0 Å². The first kappa shape index (κ1) is 13.1. The van der Waals surface area contributed by atoms with Crippen LogP contribution < -0.4 is 5.32 Å². The van der Waals surface area contributed by atoms with Crippen LogP contribution in [0.1, 0.15) is 30.7 Å². The molecule has 1 aromatic rings. The van der Waals surface area contributed by atoms with Crippen LogP contribution in [0.15, 0.2) is 30.3 Å². The highest BCUT2D eigenvalue weighted by molar-refractivity contribution is 5.75. The predicted octanol–water partition coefficient (Wildman–Crippen LogP) is 2.00. The van der Waals surface area contributed by atoms with Gasteiger partial charge < -0.3 is 10.2 Å². The minimum Gasteiger partial charge on any atom is -0.349 e. The smallest absolute Gasteiger partial charge is 0.222 e. The van der Waals surface area contributed by atoms with Crippen LogP contribution >= 0.6 is 0 Å². The molecule has 2 unspecified atom stereocenters. The van der Waals surface area contributed by atoms with Crippen LogP contribution in [-0.4, -0.2) is 37.5 Å². The summed E-state index contributed by atoms with van der Waals surface area (Å²) >= 11 is 0. The van der Waals surface area contributed by atoms with Crippen molar-refractivity contribution in [2.45, 2.75) is 31.2 Å². The van der Waals surface area contributed by atoms with Crippen molar-refractivity contribution in [2.75, 3.05) is 20.6 Å². The Labute approximate surface area is 109 Å². The SMILES string of the molecule is CN(C)C(=O)CCCNC1CC1c1ccccc1. The van der Waals surface area contributed by atoms with Gasteiger partial charge >= 0.3 is 0 Å². The summed E-state index contributed by atoms with van der Waals surface area (Å²) in [5.74, 6) is 0.892. The highest BCUT2D eigenvalue weighted by Crippen LogP contribution is 2.40. The molecular formula is C15H22N2O. The Hall–Kier alpha value is -1.35. The molecule has 1 amide bonds. The number of rotatable bonds is 6. The average molecular weight is 246 g/mol. The Kier molecular flexibility index (Phi) is 4.37. The molecule has 0 heterocycles. The number of amides is 1. The highest BCUT2D eigenvalue weighted by Gasteiger charge is 2.37. The van der Waals surface area contributed by atoms with Gasteiger partial charge in [0.25, 0.3) is 0 Å². The van der Waals surface area contributed by atoms with Gasteiger partial charge in [0.15, 0.2) is 0 Å². The summed E-state index contributed by atoms with van der Waals surface area (Å²) in [6.07, 6.45) is 2.80. The molecular weight excluding hydrogens is 224 g/mol. The molecule has 3 nitrogen and oxygen atoms in total. The molecule has 2 rings (SSSR count). The van der Waals surface area contributed by atoms with Crippen molar-refractivity contribution in [3.8, 4) is 0 Å². The summed E-state index contributed by atoms with van der Waals surface area (Å²) in [6, 6.07) is 11.3. The molecule has 0 spiro atoms. The zero-order chi connectivity index (χ0) is 13.0. The van der Waals surface area contributed by atoms with E-state index in [-0.39, 0.29) is 5.91 Å². The van der Waals surface area contributed by atoms with Crippen LogP contribution in [-0.2, 0) is 4.79 Å². The standard InChI is InChI=1S/C15H22N2O/c1-17(2)15(18)9-6-10-16-14-11-13(14)12-7-4-3-5-8-12/h3-5,7-8,13-14,16H,6,9-11H2,1-2H3. The molecule has 1 aliphatic rings. The lowest BCUT2D eigenvalue weighted by molar-refractivity contribution is -0.128. The molecule has 0 aliphatic heterocycles. The maximum Gasteiger partial charge on any atom is 0.222 e. The van der Waals surface area contributed by atoms with Crippen molar-refractivity contribution < 1.29 is 4.79 Å². The maximum atomic E-state index is 11.4. The van der Waals surface area contributed by atoms with Crippen molar-refractivity contribution in [1.82, 2.24) is 10.2 Å². The molecule has 0 bridgehead atoms. The Balaban J connectivity index is 1.62. The fraction of sp³-hybridized carbons (Fsp3) is 0.533. The minimum absolute atomic E-state index is 0.215. The molecule has 1 aliphatic carbocycles. The van der Waals surface area contributed by atoms with Gasteiger partial charge in [0.2, 0.25) is 5.91 Å². The number of hydrogen-bond donors (Lipinski definition) is 1. The summed E-state index contributed by atoms with van der Waals surface area (Å²) in [7, 11) is 3.62. The topological polar surface area (TPSA) is 32.3 Å². The summed E-state index contributed by atoms with van der Waals surface area (Å²) in [5.41, 5.74) is 1.43. The van der Waals surface area contributed by atoms with E-state index in [0.717, 1.165) is 13.0 Å². The second-order valence-electron chi connectivity index (χ2n) is 5.21. The van der Waals surface area contributed by atoms with E-state index in [1.165, 1.54) is 12.0 Å². The molecule has 0 saturated heterocycles. The normalized spacial score (nSPS) is 21.7. The zero-order valence-electron chi connectivity index (χ0n) is 11.2. The third kappa shape index (κ3) is 3.57. The molecule has 18 heavy (non-hydrogen) atoms. The van der Waals surface area contributed by atoms with Crippen molar-refractivity contribution >= 4 is 5.91 Å². The first-order valence-electron chi connectivity index (χ1n) is 6.67. The van der Waals surface area contributed by atoms with Crippen LogP contribution in [0.25, 0.3) is 0 Å². The summed E-state index contributed by atoms with van der Waals surface area (Å²) in [6.45, 7) is 0.938. The zero-order valence-corrected chi connectivity index (χ0v) is 11.2. The van der Waals surface area contributed by atoms with Crippen LogP contribution in [0.2, 0.25) is 0 Å². The van der Waals surface area contributed by atoms with Crippen molar-refractivity contribution in [1.29, 1.82) is 0 Å². The van der Waals surface area contributed by atoms with Crippen LogP contribution in [0.4, 0.5) is 0 Å². The molecule has 1 aromatic carbocycles.